The highest BCUT2D eigenvalue weighted by molar-refractivity contribution is 6.42. The van der Waals surface area contributed by atoms with Crippen molar-refractivity contribution in [2.75, 3.05) is 6.54 Å². The topological polar surface area (TPSA) is 107 Å². The van der Waals surface area contributed by atoms with Gasteiger partial charge in [-0.15, -0.1) is 0 Å². The molecule has 1 unspecified atom stereocenters. The predicted molar refractivity (Wildman–Crippen MR) is 109 cm³/mol. The van der Waals surface area contributed by atoms with Crippen LogP contribution in [-0.4, -0.2) is 38.2 Å². The van der Waals surface area contributed by atoms with Gasteiger partial charge in [0.15, 0.2) is 0 Å². The molecule has 0 saturated carbocycles. The van der Waals surface area contributed by atoms with E-state index in [1.165, 1.54) is 0 Å². The highest BCUT2D eigenvalue weighted by Crippen LogP contribution is 2.36. The maximum Gasteiger partial charge on any atom is 0.254 e. The zero-order valence-corrected chi connectivity index (χ0v) is 17.3. The molecule has 3 aromatic rings. The number of rotatable bonds is 2. The van der Waals surface area contributed by atoms with Gasteiger partial charge < -0.3 is 15.2 Å². The lowest BCUT2D eigenvalue weighted by molar-refractivity contribution is -0.122. The second kappa shape index (κ2) is 7.14. The normalized spacial score (nSPS) is 17.7. The number of halogens is 2. The fourth-order valence-electron chi connectivity index (χ4n) is 4.14. The average Bonchev–Trinajstić information content (AvgIpc) is 3.28. The summed E-state index contributed by atoms with van der Waals surface area (Å²) in [5.41, 5.74) is 10.1. The van der Waals surface area contributed by atoms with E-state index in [9.17, 15) is 9.59 Å². The number of aromatic nitrogens is 3. The third-order valence-corrected chi connectivity index (χ3v) is 6.42. The van der Waals surface area contributed by atoms with Crippen molar-refractivity contribution in [2.45, 2.75) is 25.9 Å². The van der Waals surface area contributed by atoms with Gasteiger partial charge in [-0.3, -0.25) is 14.3 Å². The van der Waals surface area contributed by atoms with Gasteiger partial charge in [0.25, 0.3) is 5.91 Å². The Balaban J connectivity index is 1.52. The molecule has 0 spiro atoms. The van der Waals surface area contributed by atoms with Gasteiger partial charge in [0, 0.05) is 29.7 Å². The first-order chi connectivity index (χ1) is 14.4. The summed E-state index contributed by atoms with van der Waals surface area (Å²) in [5, 5.41) is 9.60. The summed E-state index contributed by atoms with van der Waals surface area (Å²) in [6, 6.07) is 4.86. The highest BCUT2D eigenvalue weighted by Gasteiger charge is 2.34. The summed E-state index contributed by atoms with van der Waals surface area (Å²) in [4.78, 5) is 26.7. The van der Waals surface area contributed by atoms with E-state index >= 15 is 0 Å². The van der Waals surface area contributed by atoms with Crippen LogP contribution in [0.2, 0.25) is 10.0 Å². The lowest BCUT2D eigenvalue weighted by Crippen LogP contribution is -2.36. The van der Waals surface area contributed by atoms with Crippen LogP contribution in [0.4, 0.5) is 0 Å². The molecule has 2 N–H and O–H groups in total. The van der Waals surface area contributed by atoms with Crippen LogP contribution in [0.3, 0.4) is 0 Å². The van der Waals surface area contributed by atoms with Crippen molar-refractivity contribution in [1.29, 1.82) is 0 Å². The van der Waals surface area contributed by atoms with Gasteiger partial charge in [-0.25, -0.2) is 0 Å². The quantitative estimate of drug-likeness (QED) is 0.652. The van der Waals surface area contributed by atoms with Crippen molar-refractivity contribution in [2.24, 2.45) is 11.7 Å². The molecular formula is C20H17Cl2N5O3. The number of benzene rings is 1. The molecule has 2 aliphatic rings. The number of amides is 2. The minimum Gasteiger partial charge on any atom is -0.369 e. The Hall–Kier alpha value is -2.84. The van der Waals surface area contributed by atoms with Gasteiger partial charge in [0.05, 0.1) is 40.4 Å². The first-order valence-electron chi connectivity index (χ1n) is 9.48. The lowest BCUT2D eigenvalue weighted by Gasteiger charge is -2.27. The molecule has 4 heterocycles. The number of hydrogen-bond acceptors (Lipinski definition) is 5. The van der Waals surface area contributed by atoms with Gasteiger partial charge in [-0.2, -0.15) is 5.10 Å². The molecular weight excluding hydrogens is 429 g/mol. The van der Waals surface area contributed by atoms with E-state index in [1.807, 2.05) is 0 Å². The number of nitrogens with zero attached hydrogens (tertiary/aromatic N) is 4. The van der Waals surface area contributed by atoms with Gasteiger partial charge in [-0.1, -0.05) is 28.4 Å². The van der Waals surface area contributed by atoms with Crippen molar-refractivity contribution in [3.8, 4) is 11.4 Å². The zero-order valence-electron chi connectivity index (χ0n) is 15.8. The molecule has 10 heteroatoms. The van der Waals surface area contributed by atoms with Crippen LogP contribution in [0.25, 0.3) is 11.4 Å². The molecule has 0 radical (unpaired) electrons. The molecule has 2 aliphatic heterocycles. The molecule has 1 aromatic carbocycles. The van der Waals surface area contributed by atoms with Crippen LogP contribution < -0.4 is 5.73 Å². The Morgan fingerprint density at radius 3 is 2.83 bits per heavy atom. The molecule has 8 nitrogen and oxygen atoms in total. The highest BCUT2D eigenvalue weighted by atomic mass is 35.5. The second-order valence-corrected chi connectivity index (χ2v) is 8.37. The summed E-state index contributed by atoms with van der Waals surface area (Å²) in [6.45, 7) is 1.26. The third-order valence-electron chi connectivity index (χ3n) is 5.68. The standard InChI is InChI=1S/C20H17Cl2N5O3/c21-14-2-1-10(6-15(14)22)20(29)26-4-3-16-13(8-26)18-17-12(9-30-25-17)5-11(19(23)28)7-27(18)24-16/h1-2,6,9,11H,3-5,7-8H2,(H2,23,28). The molecule has 154 valence electrons. The maximum atomic E-state index is 13.1. The van der Waals surface area contributed by atoms with E-state index in [-0.39, 0.29) is 11.8 Å². The number of carbonyl (C=O) groups is 2. The minimum absolute atomic E-state index is 0.136. The van der Waals surface area contributed by atoms with Crippen LogP contribution in [-0.2, 0) is 30.7 Å². The first-order valence-corrected chi connectivity index (χ1v) is 10.2. The van der Waals surface area contributed by atoms with Crippen LogP contribution in [0.1, 0.15) is 27.2 Å². The Morgan fingerprint density at radius 1 is 1.23 bits per heavy atom. The van der Waals surface area contributed by atoms with E-state index < -0.39 is 5.92 Å². The number of nitrogens with two attached hydrogens (primary N) is 1. The molecule has 0 saturated heterocycles. The van der Waals surface area contributed by atoms with Crippen molar-refractivity contribution in [1.82, 2.24) is 19.8 Å². The van der Waals surface area contributed by atoms with Crippen LogP contribution >= 0.6 is 23.2 Å². The summed E-state index contributed by atoms with van der Waals surface area (Å²) in [5.74, 6) is -0.928. The number of primary amides is 1. The maximum absolute atomic E-state index is 13.1. The first kappa shape index (κ1) is 19.1. The van der Waals surface area contributed by atoms with E-state index in [0.29, 0.717) is 53.8 Å². The van der Waals surface area contributed by atoms with Crippen molar-refractivity contribution in [3.63, 3.8) is 0 Å². The van der Waals surface area contributed by atoms with Crippen molar-refractivity contribution >= 4 is 35.0 Å². The van der Waals surface area contributed by atoms with Gasteiger partial charge in [-0.05, 0) is 24.6 Å². The SMILES string of the molecule is NC(=O)C1Cc2conc2-c2c3c(nn2C1)CCN(C(=O)c1ccc(Cl)c(Cl)c1)C3. The lowest BCUT2D eigenvalue weighted by atomic mass is 9.98. The average molecular weight is 446 g/mol. The van der Waals surface area contributed by atoms with E-state index in [1.54, 1.807) is 34.0 Å². The van der Waals surface area contributed by atoms with Crippen molar-refractivity contribution < 1.29 is 14.1 Å². The van der Waals surface area contributed by atoms with Gasteiger partial charge >= 0.3 is 0 Å². The number of fused-ring (bicyclic) bond motifs is 5. The summed E-state index contributed by atoms with van der Waals surface area (Å²) in [6.07, 6.45) is 2.58. The van der Waals surface area contributed by atoms with E-state index in [2.05, 4.69) is 5.16 Å². The van der Waals surface area contributed by atoms with E-state index in [4.69, 9.17) is 38.6 Å². The van der Waals surface area contributed by atoms with Crippen LogP contribution in [0.15, 0.2) is 29.0 Å². The fourth-order valence-corrected chi connectivity index (χ4v) is 4.43. The van der Waals surface area contributed by atoms with Gasteiger partial charge in [0.2, 0.25) is 5.91 Å². The minimum atomic E-state index is -0.403. The fraction of sp³-hybridized carbons (Fsp3) is 0.300. The largest absolute Gasteiger partial charge is 0.369 e. The summed E-state index contributed by atoms with van der Waals surface area (Å²) in [7, 11) is 0. The second-order valence-electron chi connectivity index (χ2n) is 7.55. The Labute approximate surface area is 181 Å². The Bertz CT molecular complexity index is 1190. The van der Waals surface area contributed by atoms with Crippen molar-refractivity contribution in [3.05, 3.63) is 56.9 Å². The predicted octanol–water partition coefficient (Wildman–Crippen LogP) is 2.70. The Morgan fingerprint density at radius 2 is 2.07 bits per heavy atom. The smallest absolute Gasteiger partial charge is 0.254 e. The molecule has 2 aromatic heterocycles. The zero-order chi connectivity index (χ0) is 21.0. The molecule has 0 aliphatic carbocycles. The third kappa shape index (κ3) is 3.07. The molecule has 1 atom stereocenters. The molecule has 0 bridgehead atoms. The number of hydrogen-bond donors (Lipinski definition) is 1. The van der Waals surface area contributed by atoms with Crippen LogP contribution in [0, 0.1) is 5.92 Å². The number of carbonyl (C=O) groups excluding carboxylic acids is 2. The Kier molecular flexibility index (Phi) is 4.56. The monoisotopic (exact) mass is 445 g/mol. The molecule has 30 heavy (non-hydrogen) atoms. The van der Waals surface area contributed by atoms with Crippen LogP contribution in [0.5, 0.6) is 0 Å². The molecule has 5 rings (SSSR count). The summed E-state index contributed by atoms with van der Waals surface area (Å²) < 4.78 is 6.96. The molecule has 2 amide bonds. The van der Waals surface area contributed by atoms with Gasteiger partial charge in [0.1, 0.15) is 12.0 Å². The molecule has 0 fully saturated rings. The van der Waals surface area contributed by atoms with E-state index in [0.717, 1.165) is 22.5 Å². The summed E-state index contributed by atoms with van der Waals surface area (Å²) >= 11 is 12.1.